The number of halogens is 1. The van der Waals surface area contributed by atoms with Gasteiger partial charge in [-0.25, -0.2) is 0 Å². The molecule has 64 valence electrons. The van der Waals surface area contributed by atoms with Crippen molar-refractivity contribution >= 4 is 19.6 Å². The third-order valence-corrected chi connectivity index (χ3v) is 2.39. The normalized spacial score (nSPS) is 8.46. The van der Waals surface area contributed by atoms with Crippen LogP contribution in [-0.4, -0.2) is 14.3 Å². The molecular formula is C6HFN4OS. The quantitative estimate of drug-likeness (QED) is 0.569. The van der Waals surface area contributed by atoms with Gasteiger partial charge in [-0.05, 0) is 0 Å². The molecule has 7 heteroatoms. The van der Waals surface area contributed by atoms with Crippen molar-refractivity contribution in [1.82, 2.24) is 0 Å². The summed E-state index contributed by atoms with van der Waals surface area (Å²) in [7, 11) is -4.47. The first-order valence-corrected chi connectivity index (χ1v) is 4.13. The monoisotopic (exact) mass is 196 g/mol. The molecule has 0 aromatic carbocycles. The summed E-state index contributed by atoms with van der Waals surface area (Å²) < 4.78 is 22.0. The summed E-state index contributed by atoms with van der Waals surface area (Å²) in [6, 6.07) is 4.34. The fourth-order valence-electron chi connectivity index (χ4n) is 0.394. The molecule has 13 heavy (non-hydrogen) atoms. The summed E-state index contributed by atoms with van der Waals surface area (Å²) >= 11 is 0. The first-order chi connectivity index (χ1) is 6.04. The van der Waals surface area contributed by atoms with E-state index in [-0.39, 0.29) is 0 Å². The molecular weight excluding hydrogens is 195 g/mol. The Kier molecular flexibility index (Phi) is 3.44. The van der Waals surface area contributed by atoms with Crippen LogP contribution in [0.2, 0.25) is 0 Å². The number of hydrogen-bond acceptors (Lipinski definition) is 5. The van der Waals surface area contributed by atoms with Gasteiger partial charge in [0.25, 0.3) is 0 Å². The van der Waals surface area contributed by atoms with Crippen LogP contribution < -0.4 is 0 Å². The van der Waals surface area contributed by atoms with Gasteiger partial charge in [0.15, 0.2) is 0 Å². The standard InChI is InChI=1S/C6HFN4OS/c7-13(12,5(1-8)2-9)6(3-10)4-11/h12H. The van der Waals surface area contributed by atoms with Crippen LogP contribution in [0.25, 0.3) is 0 Å². The number of nitriles is 4. The maximum Gasteiger partial charge on any atom is 0.202 e. The van der Waals surface area contributed by atoms with E-state index in [1.54, 1.807) is 0 Å². The molecule has 0 rings (SSSR count). The molecule has 0 fully saturated rings. The van der Waals surface area contributed by atoms with E-state index in [0.717, 1.165) is 24.3 Å². The van der Waals surface area contributed by atoms with Crippen molar-refractivity contribution in [3.63, 3.8) is 0 Å². The van der Waals surface area contributed by atoms with Gasteiger partial charge in [0.1, 0.15) is 34.1 Å². The van der Waals surface area contributed by atoms with Gasteiger partial charge in [-0.3, -0.25) is 0 Å². The van der Waals surface area contributed by atoms with Crippen LogP contribution >= 0.6 is 9.87 Å². The number of rotatable bonds is 0. The molecule has 5 nitrogen and oxygen atoms in total. The van der Waals surface area contributed by atoms with E-state index in [1.807, 2.05) is 0 Å². The van der Waals surface area contributed by atoms with Crippen molar-refractivity contribution in [3.05, 3.63) is 0 Å². The number of nitrogens with zero attached hydrogens (tertiary/aromatic N) is 4. The smallest absolute Gasteiger partial charge is 0.202 e. The Balaban J connectivity index is 6.41. The van der Waals surface area contributed by atoms with Gasteiger partial charge in [-0.15, -0.1) is 0 Å². The van der Waals surface area contributed by atoms with E-state index in [4.69, 9.17) is 25.6 Å². The largest absolute Gasteiger partial charge is 0.315 e. The minimum absolute atomic E-state index is 1.09. The second-order valence-electron chi connectivity index (χ2n) is 1.61. The van der Waals surface area contributed by atoms with Crippen LogP contribution in [0.3, 0.4) is 0 Å². The van der Waals surface area contributed by atoms with Crippen molar-refractivity contribution in [2.45, 2.75) is 0 Å². The first kappa shape index (κ1) is 10.9. The molecule has 0 aromatic rings. The van der Waals surface area contributed by atoms with E-state index in [2.05, 4.69) is 0 Å². The van der Waals surface area contributed by atoms with E-state index in [9.17, 15) is 3.89 Å². The lowest BCUT2D eigenvalue weighted by Crippen LogP contribution is -1.99. The number of hydrogen-bond donors (Lipinski definition) is 1. The Morgan fingerprint density at radius 3 is 1.31 bits per heavy atom. The minimum atomic E-state index is -4.47. The average molecular weight is 196 g/mol. The van der Waals surface area contributed by atoms with E-state index < -0.39 is 19.6 Å². The zero-order valence-corrected chi connectivity index (χ0v) is 6.84. The van der Waals surface area contributed by atoms with E-state index in [1.165, 1.54) is 0 Å². The zero-order chi connectivity index (χ0) is 10.5. The summed E-state index contributed by atoms with van der Waals surface area (Å²) in [6.45, 7) is 0. The predicted octanol–water partition coefficient (Wildman–Crippen LogP) is 0.588. The molecule has 0 bridgehead atoms. The Bertz CT molecular complexity index is 429. The maximum absolute atomic E-state index is 13.1. The van der Waals surface area contributed by atoms with Gasteiger partial charge in [-0.1, -0.05) is 0 Å². The highest BCUT2D eigenvalue weighted by atomic mass is 32.3. The highest BCUT2D eigenvalue weighted by Gasteiger charge is 2.13. The molecule has 0 aromatic heterocycles. The molecule has 1 N–H and O–H groups in total. The molecule has 0 spiro atoms. The predicted molar refractivity (Wildman–Crippen MR) is 43.8 cm³/mol. The van der Waals surface area contributed by atoms with Gasteiger partial charge < -0.3 is 4.55 Å². The minimum Gasteiger partial charge on any atom is -0.315 e. The molecule has 0 heterocycles. The molecule has 0 aliphatic heterocycles. The molecule has 0 saturated heterocycles. The molecule has 0 atom stereocenters. The highest BCUT2D eigenvalue weighted by molar-refractivity contribution is 8.23. The van der Waals surface area contributed by atoms with Crippen molar-refractivity contribution in [1.29, 1.82) is 21.0 Å². The van der Waals surface area contributed by atoms with Crippen molar-refractivity contribution < 1.29 is 8.44 Å². The SMILES string of the molecule is N#CC(C#N)=S(O)(F)=C(C#N)C#N. The van der Waals surface area contributed by atoms with Gasteiger partial charge in [0.05, 0.1) is 0 Å². The van der Waals surface area contributed by atoms with Crippen molar-refractivity contribution in [3.8, 4) is 24.3 Å². The molecule has 0 amide bonds. The van der Waals surface area contributed by atoms with Crippen molar-refractivity contribution in [2.75, 3.05) is 0 Å². The fourth-order valence-corrected chi connectivity index (χ4v) is 1.08. The molecule has 0 saturated carbocycles. The average Bonchev–Trinajstić information content (AvgIpc) is 2.07. The summed E-state index contributed by atoms with van der Waals surface area (Å²) in [5, 5.41) is 32.7. The van der Waals surface area contributed by atoms with Crippen LogP contribution in [0.5, 0.6) is 0 Å². The lowest BCUT2D eigenvalue weighted by molar-refractivity contribution is 0.612. The Morgan fingerprint density at radius 1 is 0.923 bits per heavy atom. The highest BCUT2D eigenvalue weighted by Crippen LogP contribution is 2.24. The summed E-state index contributed by atoms with van der Waals surface area (Å²) in [6.07, 6.45) is 0. The lowest BCUT2D eigenvalue weighted by atomic mass is 10.5. The van der Waals surface area contributed by atoms with Crippen LogP contribution in [0.1, 0.15) is 0 Å². The summed E-state index contributed by atoms with van der Waals surface area (Å²) in [5.74, 6) is 0. The summed E-state index contributed by atoms with van der Waals surface area (Å²) in [4.78, 5) is -2.32. The third kappa shape index (κ3) is 1.95. The molecule has 0 radical (unpaired) electrons. The van der Waals surface area contributed by atoms with Gasteiger partial charge in [0.2, 0.25) is 9.73 Å². The summed E-state index contributed by atoms with van der Waals surface area (Å²) in [5.41, 5.74) is 0. The second kappa shape index (κ2) is 4.09. The Labute approximate surface area is 74.1 Å². The Morgan fingerprint density at radius 2 is 1.15 bits per heavy atom. The van der Waals surface area contributed by atoms with Crippen LogP contribution in [0.15, 0.2) is 0 Å². The van der Waals surface area contributed by atoms with Crippen LogP contribution in [-0.2, 0) is 0 Å². The Hall–Kier alpha value is -2.06. The van der Waals surface area contributed by atoms with Crippen LogP contribution in [0.4, 0.5) is 3.89 Å². The van der Waals surface area contributed by atoms with E-state index >= 15 is 0 Å². The maximum atomic E-state index is 13.1. The zero-order valence-electron chi connectivity index (χ0n) is 6.02. The molecule has 0 aliphatic carbocycles. The first-order valence-electron chi connectivity index (χ1n) is 2.64. The second-order valence-corrected chi connectivity index (χ2v) is 3.45. The van der Waals surface area contributed by atoms with Crippen LogP contribution in [0, 0.1) is 45.3 Å². The van der Waals surface area contributed by atoms with Gasteiger partial charge in [0, 0.05) is 0 Å². The fraction of sp³-hybridized carbons (Fsp3) is 0. The topological polar surface area (TPSA) is 115 Å². The van der Waals surface area contributed by atoms with Gasteiger partial charge in [-0.2, -0.15) is 24.9 Å². The van der Waals surface area contributed by atoms with Crippen molar-refractivity contribution in [2.24, 2.45) is 0 Å². The third-order valence-electron chi connectivity index (χ3n) is 0.947. The lowest BCUT2D eigenvalue weighted by Gasteiger charge is -1.96. The van der Waals surface area contributed by atoms with E-state index in [0.29, 0.717) is 0 Å². The van der Waals surface area contributed by atoms with Gasteiger partial charge >= 0.3 is 0 Å². The molecule has 0 unspecified atom stereocenters. The molecule has 0 aliphatic rings.